The van der Waals surface area contributed by atoms with E-state index in [2.05, 4.69) is 22.3 Å². The van der Waals surface area contributed by atoms with Crippen LogP contribution in [0.15, 0.2) is 24.8 Å². The van der Waals surface area contributed by atoms with Gasteiger partial charge in [0.1, 0.15) is 18.4 Å². The predicted octanol–water partition coefficient (Wildman–Crippen LogP) is 1.48. The van der Waals surface area contributed by atoms with Gasteiger partial charge in [0.2, 0.25) is 0 Å². The summed E-state index contributed by atoms with van der Waals surface area (Å²) in [5.74, 6) is 2.10. The Labute approximate surface area is 130 Å². The molecule has 1 aromatic carbocycles. The molecule has 1 unspecified atom stereocenters. The van der Waals surface area contributed by atoms with E-state index in [9.17, 15) is 0 Å². The summed E-state index contributed by atoms with van der Waals surface area (Å²) in [7, 11) is 4.87. The molecule has 0 radical (unpaired) electrons. The van der Waals surface area contributed by atoms with Crippen LogP contribution in [0.3, 0.4) is 0 Å². The Morgan fingerprint density at radius 3 is 2.36 bits per heavy atom. The van der Waals surface area contributed by atoms with Crippen LogP contribution in [-0.4, -0.2) is 42.1 Å². The molecule has 22 heavy (non-hydrogen) atoms. The number of methoxy groups -OCH3 is 3. The van der Waals surface area contributed by atoms with E-state index in [0.29, 0.717) is 18.0 Å². The fourth-order valence-electron chi connectivity index (χ4n) is 2.19. The van der Waals surface area contributed by atoms with Crippen LogP contribution in [0.25, 0.3) is 0 Å². The van der Waals surface area contributed by atoms with Crippen molar-refractivity contribution in [3.8, 4) is 17.2 Å². The van der Waals surface area contributed by atoms with E-state index in [-0.39, 0.29) is 6.04 Å². The number of aromatic nitrogens is 3. The summed E-state index contributed by atoms with van der Waals surface area (Å²) >= 11 is 0. The minimum atomic E-state index is 0.236. The predicted molar refractivity (Wildman–Crippen MR) is 82.4 cm³/mol. The number of rotatable bonds is 8. The van der Waals surface area contributed by atoms with Gasteiger partial charge in [-0.15, -0.1) is 0 Å². The van der Waals surface area contributed by atoms with Gasteiger partial charge in [0.25, 0.3) is 0 Å². The minimum Gasteiger partial charge on any atom is -0.496 e. The molecule has 7 heteroatoms. The van der Waals surface area contributed by atoms with Crippen molar-refractivity contribution in [1.82, 2.24) is 20.1 Å². The second-order valence-electron chi connectivity index (χ2n) is 4.92. The number of hydrogen-bond donors (Lipinski definition) is 1. The van der Waals surface area contributed by atoms with Crippen LogP contribution in [-0.2, 0) is 13.1 Å². The van der Waals surface area contributed by atoms with Crippen molar-refractivity contribution in [2.45, 2.75) is 26.1 Å². The summed E-state index contributed by atoms with van der Waals surface area (Å²) in [6.07, 6.45) is 3.24. The summed E-state index contributed by atoms with van der Waals surface area (Å²) in [6.45, 7) is 3.49. The first-order valence-corrected chi connectivity index (χ1v) is 7.02. The van der Waals surface area contributed by atoms with Crippen molar-refractivity contribution in [2.24, 2.45) is 0 Å². The lowest BCUT2D eigenvalue weighted by molar-refractivity contribution is 0.346. The van der Waals surface area contributed by atoms with Crippen molar-refractivity contribution in [1.29, 1.82) is 0 Å². The van der Waals surface area contributed by atoms with E-state index in [1.807, 2.05) is 12.1 Å². The SMILES string of the molecule is COc1cc(OC)c(OC)cc1CNC(C)Cn1cncn1. The van der Waals surface area contributed by atoms with E-state index in [4.69, 9.17) is 14.2 Å². The molecule has 1 atom stereocenters. The number of ether oxygens (including phenoxy) is 3. The van der Waals surface area contributed by atoms with Gasteiger partial charge >= 0.3 is 0 Å². The Balaban J connectivity index is 2.04. The molecule has 1 heterocycles. The Kier molecular flexibility index (Phi) is 5.60. The van der Waals surface area contributed by atoms with E-state index >= 15 is 0 Å². The third-order valence-electron chi connectivity index (χ3n) is 3.36. The molecule has 0 fully saturated rings. The van der Waals surface area contributed by atoms with Gasteiger partial charge < -0.3 is 19.5 Å². The number of hydrogen-bond acceptors (Lipinski definition) is 6. The molecular formula is C15H22N4O3. The Bertz CT molecular complexity index is 587. The highest BCUT2D eigenvalue weighted by atomic mass is 16.5. The number of nitrogens with one attached hydrogen (secondary N) is 1. The topological polar surface area (TPSA) is 70.4 Å². The van der Waals surface area contributed by atoms with Gasteiger partial charge in [0, 0.05) is 24.2 Å². The number of benzene rings is 1. The van der Waals surface area contributed by atoms with Crippen LogP contribution in [0.4, 0.5) is 0 Å². The fourth-order valence-corrected chi connectivity index (χ4v) is 2.19. The largest absolute Gasteiger partial charge is 0.496 e. The van der Waals surface area contributed by atoms with Crippen molar-refractivity contribution >= 4 is 0 Å². The summed E-state index contributed by atoms with van der Waals surface area (Å²) in [4.78, 5) is 3.94. The zero-order chi connectivity index (χ0) is 15.9. The molecule has 7 nitrogen and oxygen atoms in total. The lowest BCUT2D eigenvalue weighted by Crippen LogP contribution is -2.30. The van der Waals surface area contributed by atoms with Crippen LogP contribution in [0.2, 0.25) is 0 Å². The maximum Gasteiger partial charge on any atom is 0.164 e. The van der Waals surface area contributed by atoms with Gasteiger partial charge in [-0.25, -0.2) is 4.98 Å². The molecular weight excluding hydrogens is 284 g/mol. The Morgan fingerprint density at radius 1 is 1.09 bits per heavy atom. The second kappa shape index (κ2) is 7.65. The first kappa shape index (κ1) is 16.1. The maximum absolute atomic E-state index is 5.42. The van der Waals surface area contributed by atoms with Crippen molar-refractivity contribution in [3.63, 3.8) is 0 Å². The minimum absolute atomic E-state index is 0.236. The zero-order valence-electron chi connectivity index (χ0n) is 13.4. The molecule has 0 saturated heterocycles. The normalized spacial score (nSPS) is 12.0. The third kappa shape index (κ3) is 3.88. The monoisotopic (exact) mass is 306 g/mol. The second-order valence-corrected chi connectivity index (χ2v) is 4.92. The average molecular weight is 306 g/mol. The molecule has 1 N–H and O–H groups in total. The van der Waals surface area contributed by atoms with E-state index in [1.54, 1.807) is 32.3 Å². The van der Waals surface area contributed by atoms with Crippen molar-refractivity contribution in [3.05, 3.63) is 30.4 Å². The standard InChI is InChI=1S/C15H22N4O3/c1-11(8-19-10-16-9-18-19)17-7-12-5-14(21-3)15(22-4)6-13(12)20-2/h5-6,9-11,17H,7-8H2,1-4H3. The summed E-state index contributed by atoms with van der Waals surface area (Å²) in [5, 5.41) is 7.54. The quantitative estimate of drug-likeness (QED) is 0.796. The zero-order valence-corrected chi connectivity index (χ0v) is 13.4. The summed E-state index contributed by atoms with van der Waals surface area (Å²) < 4.78 is 17.8. The fraction of sp³-hybridized carbons (Fsp3) is 0.467. The lowest BCUT2D eigenvalue weighted by Gasteiger charge is -2.17. The summed E-state index contributed by atoms with van der Waals surface area (Å²) in [6, 6.07) is 3.99. The smallest absolute Gasteiger partial charge is 0.164 e. The maximum atomic E-state index is 5.42. The van der Waals surface area contributed by atoms with Crippen LogP contribution in [0.1, 0.15) is 12.5 Å². The van der Waals surface area contributed by atoms with E-state index < -0.39 is 0 Å². The first-order valence-electron chi connectivity index (χ1n) is 7.02. The molecule has 0 aliphatic rings. The molecule has 1 aromatic heterocycles. The molecule has 0 aliphatic carbocycles. The molecule has 0 amide bonds. The molecule has 0 saturated carbocycles. The van der Waals surface area contributed by atoms with Gasteiger partial charge in [-0.05, 0) is 13.0 Å². The van der Waals surface area contributed by atoms with Crippen molar-refractivity contribution in [2.75, 3.05) is 21.3 Å². The van der Waals surface area contributed by atoms with E-state index in [0.717, 1.165) is 17.9 Å². The number of nitrogens with zero attached hydrogens (tertiary/aromatic N) is 3. The molecule has 120 valence electrons. The van der Waals surface area contributed by atoms with Crippen LogP contribution in [0.5, 0.6) is 17.2 Å². The Hall–Kier alpha value is -2.28. The highest BCUT2D eigenvalue weighted by Gasteiger charge is 2.12. The lowest BCUT2D eigenvalue weighted by atomic mass is 10.1. The highest BCUT2D eigenvalue weighted by molar-refractivity contribution is 5.50. The summed E-state index contributed by atoms with van der Waals surface area (Å²) in [5.41, 5.74) is 1.01. The van der Waals surface area contributed by atoms with Gasteiger partial charge in [-0.3, -0.25) is 4.68 Å². The van der Waals surface area contributed by atoms with Gasteiger partial charge in [-0.1, -0.05) is 0 Å². The van der Waals surface area contributed by atoms with E-state index in [1.165, 1.54) is 6.33 Å². The third-order valence-corrected chi connectivity index (χ3v) is 3.36. The highest BCUT2D eigenvalue weighted by Crippen LogP contribution is 2.34. The van der Waals surface area contributed by atoms with Crippen LogP contribution in [0, 0.1) is 0 Å². The molecule has 0 aliphatic heterocycles. The first-order chi connectivity index (χ1) is 10.7. The van der Waals surface area contributed by atoms with Crippen LogP contribution >= 0.6 is 0 Å². The molecule has 2 aromatic rings. The molecule has 0 spiro atoms. The molecule has 0 bridgehead atoms. The average Bonchev–Trinajstić information content (AvgIpc) is 3.04. The van der Waals surface area contributed by atoms with Crippen molar-refractivity contribution < 1.29 is 14.2 Å². The Morgan fingerprint density at radius 2 is 1.77 bits per heavy atom. The van der Waals surface area contributed by atoms with Crippen LogP contribution < -0.4 is 19.5 Å². The molecule has 2 rings (SSSR count). The van der Waals surface area contributed by atoms with Gasteiger partial charge in [-0.2, -0.15) is 5.10 Å². The van der Waals surface area contributed by atoms with Gasteiger partial charge in [0.15, 0.2) is 11.5 Å². The van der Waals surface area contributed by atoms with Gasteiger partial charge in [0.05, 0.1) is 27.9 Å².